The molecule has 1 aliphatic heterocycles. The Bertz CT molecular complexity index is 376. The highest BCUT2D eigenvalue weighted by atomic mass is 15.2. The van der Waals surface area contributed by atoms with Crippen LogP contribution in [0.25, 0.3) is 0 Å². The standard InChI is InChI=1S/C15H25N3/c1-12(2)17-15-5-4-8-18(11-15)10-14-9-16-7-6-13(14)3/h6-7,9,12,15,17H,4-5,8,10-11H2,1-3H3. The van der Waals surface area contributed by atoms with Gasteiger partial charge in [0.2, 0.25) is 0 Å². The second-order valence-electron chi connectivity index (χ2n) is 5.70. The third kappa shape index (κ3) is 3.79. The molecule has 18 heavy (non-hydrogen) atoms. The molecule has 0 radical (unpaired) electrons. The van der Waals surface area contributed by atoms with E-state index in [2.05, 4.69) is 42.0 Å². The van der Waals surface area contributed by atoms with Crippen molar-refractivity contribution in [3.8, 4) is 0 Å². The fraction of sp³-hybridized carbons (Fsp3) is 0.667. The number of nitrogens with zero attached hydrogens (tertiary/aromatic N) is 2. The van der Waals surface area contributed by atoms with Crippen LogP contribution in [-0.4, -0.2) is 35.1 Å². The number of aryl methyl sites for hydroxylation is 1. The van der Waals surface area contributed by atoms with Crippen molar-refractivity contribution >= 4 is 0 Å². The smallest absolute Gasteiger partial charge is 0.0315 e. The first-order chi connectivity index (χ1) is 8.65. The SMILES string of the molecule is Cc1ccncc1CN1CCCC(NC(C)C)C1. The van der Waals surface area contributed by atoms with E-state index in [1.54, 1.807) is 0 Å². The second kappa shape index (κ2) is 6.30. The van der Waals surface area contributed by atoms with Gasteiger partial charge in [0.25, 0.3) is 0 Å². The molecule has 100 valence electrons. The summed E-state index contributed by atoms with van der Waals surface area (Å²) in [5.74, 6) is 0. The molecule has 1 saturated heterocycles. The van der Waals surface area contributed by atoms with Crippen molar-refractivity contribution in [2.45, 2.75) is 52.2 Å². The zero-order chi connectivity index (χ0) is 13.0. The zero-order valence-corrected chi connectivity index (χ0v) is 11.8. The van der Waals surface area contributed by atoms with Crippen LogP contribution >= 0.6 is 0 Å². The van der Waals surface area contributed by atoms with Crippen molar-refractivity contribution in [2.24, 2.45) is 0 Å². The van der Waals surface area contributed by atoms with E-state index >= 15 is 0 Å². The summed E-state index contributed by atoms with van der Waals surface area (Å²) in [6, 6.07) is 3.33. The number of rotatable bonds is 4. The van der Waals surface area contributed by atoms with E-state index in [9.17, 15) is 0 Å². The summed E-state index contributed by atoms with van der Waals surface area (Å²) in [7, 11) is 0. The molecular weight excluding hydrogens is 222 g/mol. The van der Waals surface area contributed by atoms with E-state index in [1.807, 2.05) is 12.4 Å². The van der Waals surface area contributed by atoms with Crippen molar-refractivity contribution in [1.82, 2.24) is 15.2 Å². The average molecular weight is 247 g/mol. The number of aromatic nitrogens is 1. The molecular formula is C15H25N3. The van der Waals surface area contributed by atoms with E-state index in [0.717, 1.165) is 13.1 Å². The van der Waals surface area contributed by atoms with Crippen molar-refractivity contribution < 1.29 is 0 Å². The van der Waals surface area contributed by atoms with Gasteiger partial charge in [0.1, 0.15) is 0 Å². The fourth-order valence-electron chi connectivity index (χ4n) is 2.71. The number of nitrogens with one attached hydrogen (secondary N) is 1. The third-order valence-corrected chi connectivity index (χ3v) is 3.62. The van der Waals surface area contributed by atoms with Gasteiger partial charge in [0, 0.05) is 37.6 Å². The van der Waals surface area contributed by atoms with Crippen molar-refractivity contribution in [3.05, 3.63) is 29.6 Å². The highest BCUT2D eigenvalue weighted by Gasteiger charge is 2.20. The molecule has 3 nitrogen and oxygen atoms in total. The Labute approximate surface area is 111 Å². The van der Waals surface area contributed by atoms with Gasteiger partial charge in [-0.1, -0.05) is 13.8 Å². The molecule has 0 aliphatic carbocycles. The minimum absolute atomic E-state index is 0.579. The van der Waals surface area contributed by atoms with Crippen LogP contribution in [0.3, 0.4) is 0 Å². The minimum atomic E-state index is 0.579. The van der Waals surface area contributed by atoms with Gasteiger partial charge < -0.3 is 5.32 Å². The number of hydrogen-bond donors (Lipinski definition) is 1. The quantitative estimate of drug-likeness (QED) is 0.885. The lowest BCUT2D eigenvalue weighted by Crippen LogP contribution is -2.47. The van der Waals surface area contributed by atoms with Crippen LogP contribution in [0.15, 0.2) is 18.5 Å². The lowest BCUT2D eigenvalue weighted by atomic mass is 10.0. The maximum Gasteiger partial charge on any atom is 0.0315 e. The molecule has 0 bridgehead atoms. The largest absolute Gasteiger partial charge is 0.311 e. The molecule has 0 saturated carbocycles. The Balaban J connectivity index is 1.91. The summed E-state index contributed by atoms with van der Waals surface area (Å²) in [6.45, 7) is 10.0. The van der Waals surface area contributed by atoms with Gasteiger partial charge in [-0.25, -0.2) is 0 Å². The van der Waals surface area contributed by atoms with Crippen molar-refractivity contribution in [1.29, 1.82) is 0 Å². The van der Waals surface area contributed by atoms with Crippen LogP contribution in [0.2, 0.25) is 0 Å². The maximum atomic E-state index is 4.24. The highest BCUT2D eigenvalue weighted by Crippen LogP contribution is 2.15. The van der Waals surface area contributed by atoms with Crippen LogP contribution in [0, 0.1) is 6.92 Å². The van der Waals surface area contributed by atoms with Gasteiger partial charge in [-0.15, -0.1) is 0 Å². The van der Waals surface area contributed by atoms with Crippen LogP contribution in [0.5, 0.6) is 0 Å². The van der Waals surface area contributed by atoms with Gasteiger partial charge in [-0.3, -0.25) is 9.88 Å². The van der Waals surface area contributed by atoms with Gasteiger partial charge >= 0.3 is 0 Å². The van der Waals surface area contributed by atoms with E-state index in [1.165, 1.54) is 30.5 Å². The second-order valence-corrected chi connectivity index (χ2v) is 5.70. The molecule has 0 amide bonds. The molecule has 1 N–H and O–H groups in total. The molecule has 2 heterocycles. The molecule has 1 aromatic heterocycles. The molecule has 3 heteroatoms. The fourth-order valence-corrected chi connectivity index (χ4v) is 2.71. The molecule has 1 fully saturated rings. The molecule has 0 aromatic carbocycles. The lowest BCUT2D eigenvalue weighted by molar-refractivity contribution is 0.178. The topological polar surface area (TPSA) is 28.2 Å². The predicted octanol–water partition coefficient (Wildman–Crippen LogP) is 2.35. The van der Waals surface area contributed by atoms with E-state index in [0.29, 0.717) is 12.1 Å². The molecule has 1 unspecified atom stereocenters. The van der Waals surface area contributed by atoms with Crippen LogP contribution in [0.1, 0.15) is 37.8 Å². The first kappa shape index (κ1) is 13.5. The van der Waals surface area contributed by atoms with Crippen molar-refractivity contribution in [2.75, 3.05) is 13.1 Å². The van der Waals surface area contributed by atoms with Gasteiger partial charge in [0.05, 0.1) is 0 Å². The summed E-state index contributed by atoms with van der Waals surface area (Å²) < 4.78 is 0. The van der Waals surface area contributed by atoms with E-state index < -0.39 is 0 Å². The van der Waals surface area contributed by atoms with Gasteiger partial charge in [0.15, 0.2) is 0 Å². The van der Waals surface area contributed by atoms with E-state index in [-0.39, 0.29) is 0 Å². The highest BCUT2D eigenvalue weighted by molar-refractivity contribution is 5.21. The number of piperidine rings is 1. The summed E-state index contributed by atoms with van der Waals surface area (Å²) in [4.78, 5) is 6.79. The van der Waals surface area contributed by atoms with Crippen molar-refractivity contribution in [3.63, 3.8) is 0 Å². The summed E-state index contributed by atoms with van der Waals surface area (Å²) >= 11 is 0. The first-order valence-electron chi connectivity index (χ1n) is 7.03. The molecule has 1 atom stereocenters. The number of pyridine rings is 1. The predicted molar refractivity (Wildman–Crippen MR) is 75.5 cm³/mol. The first-order valence-corrected chi connectivity index (χ1v) is 7.03. The molecule has 1 aliphatic rings. The van der Waals surface area contributed by atoms with Gasteiger partial charge in [-0.2, -0.15) is 0 Å². The average Bonchev–Trinajstić information content (AvgIpc) is 2.32. The third-order valence-electron chi connectivity index (χ3n) is 3.62. The molecule has 1 aromatic rings. The summed E-state index contributed by atoms with van der Waals surface area (Å²) in [5, 5.41) is 3.65. The Hall–Kier alpha value is -0.930. The Morgan fingerprint density at radius 1 is 1.50 bits per heavy atom. The lowest BCUT2D eigenvalue weighted by Gasteiger charge is -2.34. The van der Waals surface area contributed by atoms with E-state index in [4.69, 9.17) is 0 Å². The summed E-state index contributed by atoms with van der Waals surface area (Å²) in [6.07, 6.45) is 6.48. The van der Waals surface area contributed by atoms with Crippen LogP contribution in [0.4, 0.5) is 0 Å². The maximum absolute atomic E-state index is 4.24. The van der Waals surface area contributed by atoms with Crippen LogP contribution < -0.4 is 5.32 Å². The van der Waals surface area contributed by atoms with Gasteiger partial charge in [-0.05, 0) is 43.5 Å². The zero-order valence-electron chi connectivity index (χ0n) is 11.8. The number of likely N-dealkylation sites (tertiary alicyclic amines) is 1. The molecule has 0 spiro atoms. The number of hydrogen-bond acceptors (Lipinski definition) is 3. The minimum Gasteiger partial charge on any atom is -0.311 e. The molecule has 2 rings (SSSR count). The summed E-state index contributed by atoms with van der Waals surface area (Å²) in [5.41, 5.74) is 2.71. The van der Waals surface area contributed by atoms with Crippen LogP contribution in [-0.2, 0) is 6.54 Å². The Morgan fingerprint density at radius 2 is 2.33 bits per heavy atom. The Morgan fingerprint density at radius 3 is 3.06 bits per heavy atom. The Kier molecular flexibility index (Phi) is 4.72. The monoisotopic (exact) mass is 247 g/mol. The normalized spacial score (nSPS) is 21.4.